The highest BCUT2D eigenvalue weighted by Crippen LogP contribution is 2.15. The first-order valence-corrected chi connectivity index (χ1v) is 6.22. The summed E-state index contributed by atoms with van der Waals surface area (Å²) in [6, 6.07) is 6.88. The molecule has 1 atom stereocenters. The Morgan fingerprint density at radius 1 is 1.39 bits per heavy atom. The summed E-state index contributed by atoms with van der Waals surface area (Å²) in [6.45, 7) is 2.35. The molecule has 1 unspecified atom stereocenters. The summed E-state index contributed by atoms with van der Waals surface area (Å²) >= 11 is 0. The van der Waals surface area contributed by atoms with E-state index in [-0.39, 0.29) is 6.03 Å². The number of carbonyl (C=O) groups is 1. The molecule has 1 aromatic carbocycles. The van der Waals surface area contributed by atoms with Gasteiger partial charge in [0.05, 0.1) is 0 Å². The summed E-state index contributed by atoms with van der Waals surface area (Å²) in [5.41, 5.74) is 6.99. The van der Waals surface area contributed by atoms with Crippen molar-refractivity contribution in [2.75, 3.05) is 30.8 Å². The fourth-order valence-corrected chi connectivity index (χ4v) is 1.94. The number of benzene rings is 1. The standard InChI is InChI=1S/C13H19N3O2/c14-11-1-3-12(4-2-11)16-13(17)15-7-5-10-6-8-18-9-10/h1-4,10H,5-9,14H2,(H2,15,16,17). The molecule has 5 heteroatoms. The van der Waals surface area contributed by atoms with Gasteiger partial charge in [-0.3, -0.25) is 0 Å². The minimum atomic E-state index is -0.182. The predicted octanol–water partition coefficient (Wildman–Crippen LogP) is 1.82. The number of carbonyl (C=O) groups excluding carboxylic acids is 1. The number of nitrogens with two attached hydrogens (primary N) is 1. The average Bonchev–Trinajstić information content (AvgIpc) is 2.85. The Morgan fingerprint density at radius 2 is 2.17 bits per heavy atom. The third-order valence-electron chi connectivity index (χ3n) is 3.03. The molecule has 0 saturated carbocycles. The predicted molar refractivity (Wildman–Crippen MR) is 71.4 cm³/mol. The SMILES string of the molecule is Nc1ccc(NC(=O)NCCC2CCOC2)cc1. The lowest BCUT2D eigenvalue weighted by molar-refractivity contribution is 0.184. The van der Waals surface area contributed by atoms with Crippen LogP contribution in [0.25, 0.3) is 0 Å². The minimum Gasteiger partial charge on any atom is -0.399 e. The first-order valence-electron chi connectivity index (χ1n) is 6.22. The van der Waals surface area contributed by atoms with Crippen LogP contribution in [0.4, 0.5) is 16.2 Å². The van der Waals surface area contributed by atoms with Crippen molar-refractivity contribution in [3.05, 3.63) is 24.3 Å². The molecule has 0 aromatic heterocycles. The van der Waals surface area contributed by atoms with Crippen LogP contribution < -0.4 is 16.4 Å². The molecule has 0 spiro atoms. The van der Waals surface area contributed by atoms with Crippen molar-refractivity contribution in [3.8, 4) is 0 Å². The van der Waals surface area contributed by atoms with Crippen molar-refractivity contribution in [2.45, 2.75) is 12.8 Å². The Balaban J connectivity index is 1.66. The van der Waals surface area contributed by atoms with Crippen molar-refractivity contribution in [3.63, 3.8) is 0 Å². The van der Waals surface area contributed by atoms with Gasteiger partial charge in [-0.2, -0.15) is 0 Å². The van der Waals surface area contributed by atoms with Gasteiger partial charge in [-0.1, -0.05) is 0 Å². The number of hydrogen-bond acceptors (Lipinski definition) is 3. The maximum Gasteiger partial charge on any atom is 0.319 e. The molecule has 18 heavy (non-hydrogen) atoms. The molecule has 0 radical (unpaired) electrons. The van der Waals surface area contributed by atoms with Gasteiger partial charge in [0.25, 0.3) is 0 Å². The maximum atomic E-state index is 11.6. The topological polar surface area (TPSA) is 76.4 Å². The molecule has 4 N–H and O–H groups in total. The molecule has 1 aliphatic rings. The largest absolute Gasteiger partial charge is 0.399 e. The van der Waals surface area contributed by atoms with E-state index in [1.165, 1.54) is 0 Å². The lowest BCUT2D eigenvalue weighted by Crippen LogP contribution is -2.30. The highest BCUT2D eigenvalue weighted by Gasteiger charge is 2.15. The van der Waals surface area contributed by atoms with Crippen LogP contribution >= 0.6 is 0 Å². The van der Waals surface area contributed by atoms with Gasteiger partial charge in [0, 0.05) is 31.1 Å². The van der Waals surface area contributed by atoms with Crippen molar-refractivity contribution in [1.82, 2.24) is 5.32 Å². The Bertz CT molecular complexity index is 386. The molecule has 1 aromatic rings. The van der Waals surface area contributed by atoms with Crippen molar-refractivity contribution >= 4 is 17.4 Å². The number of amides is 2. The number of nitrogens with one attached hydrogen (secondary N) is 2. The molecule has 1 saturated heterocycles. The number of urea groups is 1. The lowest BCUT2D eigenvalue weighted by Gasteiger charge is -2.10. The summed E-state index contributed by atoms with van der Waals surface area (Å²) in [6.07, 6.45) is 2.07. The van der Waals surface area contributed by atoms with Crippen LogP contribution in [0.1, 0.15) is 12.8 Å². The third-order valence-corrected chi connectivity index (χ3v) is 3.03. The maximum absolute atomic E-state index is 11.6. The zero-order valence-corrected chi connectivity index (χ0v) is 10.3. The van der Waals surface area contributed by atoms with Gasteiger partial charge in [0.15, 0.2) is 0 Å². The number of rotatable bonds is 4. The lowest BCUT2D eigenvalue weighted by atomic mass is 10.1. The van der Waals surface area contributed by atoms with Crippen LogP contribution in [0.3, 0.4) is 0 Å². The Labute approximate surface area is 107 Å². The zero-order chi connectivity index (χ0) is 12.8. The van der Waals surface area contributed by atoms with Gasteiger partial charge in [-0.15, -0.1) is 0 Å². The second-order valence-corrected chi connectivity index (χ2v) is 4.52. The highest BCUT2D eigenvalue weighted by atomic mass is 16.5. The minimum absolute atomic E-state index is 0.182. The van der Waals surface area contributed by atoms with E-state index < -0.39 is 0 Å². The van der Waals surface area contributed by atoms with Crippen molar-refractivity contribution < 1.29 is 9.53 Å². The number of ether oxygens (including phenoxy) is 1. The molecule has 98 valence electrons. The quantitative estimate of drug-likeness (QED) is 0.712. The first kappa shape index (κ1) is 12.7. The molecule has 1 aliphatic heterocycles. The van der Waals surface area contributed by atoms with Crippen LogP contribution in [-0.2, 0) is 4.74 Å². The molecule has 1 heterocycles. The highest BCUT2D eigenvalue weighted by molar-refractivity contribution is 5.89. The van der Waals surface area contributed by atoms with E-state index in [9.17, 15) is 4.79 Å². The average molecular weight is 249 g/mol. The zero-order valence-electron chi connectivity index (χ0n) is 10.3. The monoisotopic (exact) mass is 249 g/mol. The second kappa shape index (κ2) is 6.26. The van der Waals surface area contributed by atoms with E-state index in [0.29, 0.717) is 18.2 Å². The smallest absolute Gasteiger partial charge is 0.319 e. The molecule has 0 aliphatic carbocycles. The van der Waals surface area contributed by atoms with E-state index >= 15 is 0 Å². The summed E-state index contributed by atoms with van der Waals surface area (Å²) < 4.78 is 5.28. The van der Waals surface area contributed by atoms with Gasteiger partial charge >= 0.3 is 6.03 Å². The van der Waals surface area contributed by atoms with Crippen LogP contribution in [-0.4, -0.2) is 25.8 Å². The van der Waals surface area contributed by atoms with E-state index in [4.69, 9.17) is 10.5 Å². The second-order valence-electron chi connectivity index (χ2n) is 4.52. The molecular weight excluding hydrogens is 230 g/mol. The molecular formula is C13H19N3O2. The van der Waals surface area contributed by atoms with Crippen molar-refractivity contribution in [2.24, 2.45) is 5.92 Å². The molecule has 2 amide bonds. The van der Waals surface area contributed by atoms with E-state index in [1.54, 1.807) is 24.3 Å². The van der Waals surface area contributed by atoms with Gasteiger partial charge < -0.3 is 21.1 Å². The van der Waals surface area contributed by atoms with Gasteiger partial charge in [0.2, 0.25) is 0 Å². The summed E-state index contributed by atoms with van der Waals surface area (Å²) in [5, 5.41) is 5.59. The van der Waals surface area contributed by atoms with Gasteiger partial charge in [-0.05, 0) is 43.0 Å². The third kappa shape index (κ3) is 3.92. The van der Waals surface area contributed by atoms with Crippen LogP contribution in [0.2, 0.25) is 0 Å². The summed E-state index contributed by atoms with van der Waals surface area (Å²) in [5.74, 6) is 0.585. The Morgan fingerprint density at radius 3 is 2.83 bits per heavy atom. The Hall–Kier alpha value is -1.75. The molecule has 0 bridgehead atoms. The fourth-order valence-electron chi connectivity index (χ4n) is 1.94. The number of nitrogen functional groups attached to an aromatic ring is 1. The van der Waals surface area contributed by atoms with Gasteiger partial charge in [0.1, 0.15) is 0 Å². The van der Waals surface area contributed by atoms with E-state index in [2.05, 4.69) is 10.6 Å². The van der Waals surface area contributed by atoms with Gasteiger partial charge in [-0.25, -0.2) is 4.79 Å². The van der Waals surface area contributed by atoms with Crippen LogP contribution in [0.15, 0.2) is 24.3 Å². The van der Waals surface area contributed by atoms with E-state index in [0.717, 1.165) is 31.7 Å². The van der Waals surface area contributed by atoms with E-state index in [1.807, 2.05) is 0 Å². The molecule has 2 rings (SSSR count). The summed E-state index contributed by atoms with van der Waals surface area (Å²) in [4.78, 5) is 11.6. The fraction of sp³-hybridized carbons (Fsp3) is 0.462. The molecule has 1 fully saturated rings. The number of hydrogen-bond donors (Lipinski definition) is 3. The Kier molecular flexibility index (Phi) is 4.41. The van der Waals surface area contributed by atoms with Crippen molar-refractivity contribution in [1.29, 1.82) is 0 Å². The first-order chi connectivity index (χ1) is 8.74. The summed E-state index contributed by atoms with van der Waals surface area (Å²) in [7, 11) is 0. The van der Waals surface area contributed by atoms with Crippen LogP contribution in [0, 0.1) is 5.92 Å². The number of anilines is 2. The van der Waals surface area contributed by atoms with Crippen LogP contribution in [0.5, 0.6) is 0 Å². The normalized spacial score (nSPS) is 18.6. The molecule has 5 nitrogen and oxygen atoms in total.